The molecule has 0 aromatic heterocycles. The first kappa shape index (κ1) is 18.6. The van der Waals surface area contributed by atoms with Crippen LogP contribution in [0.4, 0.5) is 5.69 Å². The minimum atomic E-state index is 0.329. The van der Waals surface area contributed by atoms with E-state index in [1.54, 1.807) is 0 Å². The molecule has 1 heterocycles. The van der Waals surface area contributed by atoms with Gasteiger partial charge < -0.3 is 15.0 Å². The van der Waals surface area contributed by atoms with Crippen LogP contribution in [0.3, 0.4) is 0 Å². The number of nitrogens with one attached hydrogen (secondary N) is 1. The molecule has 2 aromatic carbocycles. The van der Waals surface area contributed by atoms with E-state index in [-0.39, 0.29) is 0 Å². The number of anilines is 1. The highest BCUT2D eigenvalue weighted by molar-refractivity contribution is 6.30. The van der Waals surface area contributed by atoms with Crippen LogP contribution in [0.25, 0.3) is 0 Å². The van der Waals surface area contributed by atoms with Crippen molar-refractivity contribution in [2.75, 3.05) is 31.1 Å². The molecule has 4 heteroatoms. The summed E-state index contributed by atoms with van der Waals surface area (Å²) in [5.74, 6) is 1.64. The van der Waals surface area contributed by atoms with E-state index in [0.29, 0.717) is 12.6 Å². The molecule has 27 heavy (non-hydrogen) atoms. The molecule has 1 saturated heterocycles. The van der Waals surface area contributed by atoms with E-state index in [1.807, 2.05) is 24.3 Å². The number of halogens is 1. The van der Waals surface area contributed by atoms with Crippen molar-refractivity contribution in [3.63, 3.8) is 0 Å². The third-order valence-electron chi connectivity index (χ3n) is 5.91. The van der Waals surface area contributed by atoms with Gasteiger partial charge in [-0.3, -0.25) is 0 Å². The fraction of sp³-hybridized carbons (Fsp3) is 0.478. The molecule has 2 aromatic rings. The SMILES string of the molecule is Clc1ccc(OCC2CNCCN2c2ccc(C3CCCCC3)cc2)cc1. The third-order valence-corrected chi connectivity index (χ3v) is 6.16. The maximum Gasteiger partial charge on any atom is 0.119 e. The lowest BCUT2D eigenvalue weighted by molar-refractivity contribution is 0.267. The van der Waals surface area contributed by atoms with E-state index in [4.69, 9.17) is 16.3 Å². The lowest BCUT2D eigenvalue weighted by Crippen LogP contribution is -2.54. The van der Waals surface area contributed by atoms with Crippen LogP contribution in [0.15, 0.2) is 48.5 Å². The standard InChI is InChI=1S/C23H29ClN2O/c24-20-8-12-23(13-9-20)27-17-22-16-25-14-15-26(22)21-10-6-19(7-11-21)18-4-2-1-3-5-18/h6-13,18,22,25H,1-5,14-17H2. The Balaban J connectivity index is 1.41. The first-order chi connectivity index (χ1) is 13.3. The molecule has 1 atom stereocenters. The molecule has 2 aliphatic rings. The zero-order chi connectivity index (χ0) is 18.5. The largest absolute Gasteiger partial charge is 0.491 e. The van der Waals surface area contributed by atoms with Crippen molar-refractivity contribution in [1.29, 1.82) is 0 Å². The van der Waals surface area contributed by atoms with E-state index < -0.39 is 0 Å². The molecule has 1 unspecified atom stereocenters. The highest BCUT2D eigenvalue weighted by Crippen LogP contribution is 2.33. The topological polar surface area (TPSA) is 24.5 Å². The molecule has 1 saturated carbocycles. The average Bonchev–Trinajstić information content (AvgIpc) is 2.74. The van der Waals surface area contributed by atoms with Gasteiger partial charge in [-0.05, 0) is 60.7 Å². The first-order valence-electron chi connectivity index (χ1n) is 10.3. The van der Waals surface area contributed by atoms with Crippen LogP contribution < -0.4 is 15.0 Å². The highest BCUT2D eigenvalue weighted by Gasteiger charge is 2.24. The molecule has 0 spiro atoms. The van der Waals surface area contributed by atoms with E-state index in [0.717, 1.165) is 36.3 Å². The predicted molar refractivity (Wildman–Crippen MR) is 113 cm³/mol. The number of nitrogens with zero attached hydrogens (tertiary/aromatic N) is 1. The maximum atomic E-state index is 6.03. The minimum absolute atomic E-state index is 0.329. The summed E-state index contributed by atoms with van der Waals surface area (Å²) in [7, 11) is 0. The summed E-state index contributed by atoms with van der Waals surface area (Å²) >= 11 is 5.96. The van der Waals surface area contributed by atoms with Crippen molar-refractivity contribution < 1.29 is 4.74 Å². The predicted octanol–water partition coefficient (Wildman–Crippen LogP) is 5.24. The number of piperazine rings is 1. The van der Waals surface area contributed by atoms with Gasteiger partial charge in [-0.2, -0.15) is 0 Å². The Morgan fingerprint density at radius 3 is 2.44 bits per heavy atom. The summed E-state index contributed by atoms with van der Waals surface area (Å²) in [6.07, 6.45) is 6.88. The Labute approximate surface area is 167 Å². The highest BCUT2D eigenvalue weighted by atomic mass is 35.5. The van der Waals surface area contributed by atoms with Crippen LogP contribution in [-0.4, -0.2) is 32.3 Å². The van der Waals surface area contributed by atoms with Crippen LogP contribution in [0, 0.1) is 0 Å². The first-order valence-corrected chi connectivity index (χ1v) is 10.6. The van der Waals surface area contributed by atoms with Gasteiger partial charge in [0.15, 0.2) is 0 Å². The Hall–Kier alpha value is -1.71. The normalized spacial score (nSPS) is 21.2. The van der Waals surface area contributed by atoms with E-state index in [9.17, 15) is 0 Å². The fourth-order valence-electron chi connectivity index (χ4n) is 4.35. The number of ether oxygens (including phenoxy) is 1. The van der Waals surface area contributed by atoms with E-state index in [1.165, 1.54) is 43.4 Å². The van der Waals surface area contributed by atoms with Crippen LogP contribution in [0.2, 0.25) is 5.02 Å². The van der Waals surface area contributed by atoms with Gasteiger partial charge in [0.05, 0.1) is 6.04 Å². The number of rotatable bonds is 5. The van der Waals surface area contributed by atoms with Gasteiger partial charge in [0.2, 0.25) is 0 Å². The summed E-state index contributed by atoms with van der Waals surface area (Å²) in [5.41, 5.74) is 2.82. The second-order valence-corrected chi connectivity index (χ2v) is 8.18. The molecule has 0 amide bonds. The molecule has 3 nitrogen and oxygen atoms in total. The van der Waals surface area contributed by atoms with Gasteiger partial charge in [0, 0.05) is 30.3 Å². The van der Waals surface area contributed by atoms with Crippen LogP contribution >= 0.6 is 11.6 Å². The van der Waals surface area contributed by atoms with Crippen molar-refractivity contribution in [3.8, 4) is 5.75 Å². The molecule has 144 valence electrons. The lowest BCUT2D eigenvalue weighted by Gasteiger charge is -2.38. The number of hydrogen-bond acceptors (Lipinski definition) is 3. The fourth-order valence-corrected chi connectivity index (χ4v) is 4.47. The van der Waals surface area contributed by atoms with Gasteiger partial charge in [-0.1, -0.05) is 43.0 Å². The summed E-state index contributed by atoms with van der Waals surface area (Å²) in [6, 6.07) is 17.3. The molecule has 1 N–H and O–H groups in total. The number of benzene rings is 2. The quantitative estimate of drug-likeness (QED) is 0.762. The second-order valence-electron chi connectivity index (χ2n) is 7.74. The summed E-state index contributed by atoms with van der Waals surface area (Å²) in [4.78, 5) is 2.48. The van der Waals surface area contributed by atoms with Crippen LogP contribution in [-0.2, 0) is 0 Å². The number of hydrogen-bond donors (Lipinski definition) is 1. The van der Waals surface area contributed by atoms with Crippen molar-refractivity contribution in [2.24, 2.45) is 0 Å². The van der Waals surface area contributed by atoms with Crippen LogP contribution in [0.1, 0.15) is 43.6 Å². The minimum Gasteiger partial charge on any atom is -0.491 e. The molecular formula is C23H29ClN2O. The van der Waals surface area contributed by atoms with Gasteiger partial charge in [0.1, 0.15) is 12.4 Å². The molecule has 0 bridgehead atoms. The smallest absolute Gasteiger partial charge is 0.119 e. The Bertz CT molecular complexity index is 710. The van der Waals surface area contributed by atoms with E-state index in [2.05, 4.69) is 34.5 Å². The van der Waals surface area contributed by atoms with E-state index >= 15 is 0 Å². The van der Waals surface area contributed by atoms with Gasteiger partial charge >= 0.3 is 0 Å². The van der Waals surface area contributed by atoms with Gasteiger partial charge in [-0.15, -0.1) is 0 Å². The second kappa shape index (κ2) is 8.99. The Kier molecular flexibility index (Phi) is 6.21. The third kappa shape index (κ3) is 4.77. The maximum absolute atomic E-state index is 6.03. The Morgan fingerprint density at radius 1 is 0.963 bits per heavy atom. The zero-order valence-electron chi connectivity index (χ0n) is 15.9. The monoisotopic (exact) mass is 384 g/mol. The van der Waals surface area contributed by atoms with Crippen molar-refractivity contribution in [2.45, 2.75) is 44.1 Å². The van der Waals surface area contributed by atoms with Crippen molar-refractivity contribution >= 4 is 17.3 Å². The molecule has 2 fully saturated rings. The zero-order valence-corrected chi connectivity index (χ0v) is 16.6. The molecule has 0 radical (unpaired) electrons. The van der Waals surface area contributed by atoms with Gasteiger partial charge in [0.25, 0.3) is 0 Å². The molecular weight excluding hydrogens is 356 g/mol. The molecule has 1 aliphatic carbocycles. The average molecular weight is 385 g/mol. The van der Waals surface area contributed by atoms with Crippen molar-refractivity contribution in [3.05, 3.63) is 59.1 Å². The van der Waals surface area contributed by atoms with Gasteiger partial charge in [-0.25, -0.2) is 0 Å². The van der Waals surface area contributed by atoms with Crippen molar-refractivity contribution in [1.82, 2.24) is 5.32 Å². The van der Waals surface area contributed by atoms with Crippen LogP contribution in [0.5, 0.6) is 5.75 Å². The molecule has 1 aliphatic heterocycles. The summed E-state index contributed by atoms with van der Waals surface area (Å²) in [5, 5.41) is 4.24. The lowest BCUT2D eigenvalue weighted by atomic mass is 9.84. The summed E-state index contributed by atoms with van der Waals surface area (Å²) < 4.78 is 6.03. The molecule has 4 rings (SSSR count). The Morgan fingerprint density at radius 2 is 1.70 bits per heavy atom. The summed E-state index contributed by atoms with van der Waals surface area (Å²) in [6.45, 7) is 3.64.